The van der Waals surface area contributed by atoms with Crippen molar-refractivity contribution >= 4 is 0 Å². The number of aryl methyl sites for hydroxylation is 1. The van der Waals surface area contributed by atoms with Gasteiger partial charge in [-0.3, -0.25) is 0 Å². The molecule has 0 spiro atoms. The van der Waals surface area contributed by atoms with Crippen LogP contribution in [0.5, 0.6) is 0 Å². The van der Waals surface area contributed by atoms with Crippen LogP contribution in [0.2, 0.25) is 0 Å². The standard InChI is InChI=1S/C17H28N2/c1-14-6-5-7-16(12-14)15(2)18-13-17(3)8-10-19(4)11-9-17/h5-7,12,15,18H,8-11,13H2,1-4H3. The summed E-state index contributed by atoms with van der Waals surface area (Å²) in [5.74, 6) is 0. The predicted molar refractivity (Wildman–Crippen MR) is 82.4 cm³/mol. The molecule has 0 radical (unpaired) electrons. The molecule has 2 nitrogen and oxygen atoms in total. The average molecular weight is 260 g/mol. The number of likely N-dealkylation sites (tertiary alicyclic amines) is 1. The fraction of sp³-hybridized carbons (Fsp3) is 0.647. The molecule has 1 N–H and O–H groups in total. The number of rotatable bonds is 4. The van der Waals surface area contributed by atoms with E-state index < -0.39 is 0 Å². The van der Waals surface area contributed by atoms with E-state index in [1.807, 2.05) is 0 Å². The molecule has 1 aliphatic heterocycles. The zero-order chi connectivity index (χ0) is 13.9. The van der Waals surface area contributed by atoms with Crippen molar-refractivity contribution in [2.75, 3.05) is 26.7 Å². The Morgan fingerprint density at radius 3 is 2.63 bits per heavy atom. The van der Waals surface area contributed by atoms with Gasteiger partial charge in [0.2, 0.25) is 0 Å². The van der Waals surface area contributed by atoms with E-state index >= 15 is 0 Å². The third-order valence-corrected chi connectivity index (χ3v) is 4.57. The highest BCUT2D eigenvalue weighted by atomic mass is 15.1. The van der Waals surface area contributed by atoms with Crippen molar-refractivity contribution in [3.05, 3.63) is 35.4 Å². The molecule has 0 bridgehead atoms. The minimum absolute atomic E-state index is 0.441. The van der Waals surface area contributed by atoms with Crippen LogP contribution in [0.1, 0.15) is 43.9 Å². The second-order valence-corrected chi connectivity index (χ2v) is 6.63. The van der Waals surface area contributed by atoms with Crippen molar-refractivity contribution in [3.63, 3.8) is 0 Å². The van der Waals surface area contributed by atoms with Crippen LogP contribution in [0.15, 0.2) is 24.3 Å². The molecule has 1 unspecified atom stereocenters. The van der Waals surface area contributed by atoms with Crippen LogP contribution in [-0.4, -0.2) is 31.6 Å². The van der Waals surface area contributed by atoms with Crippen LogP contribution >= 0.6 is 0 Å². The average Bonchev–Trinajstić information content (AvgIpc) is 2.40. The van der Waals surface area contributed by atoms with Gasteiger partial charge in [0.25, 0.3) is 0 Å². The molecular weight excluding hydrogens is 232 g/mol. The Labute approximate surface area is 118 Å². The lowest BCUT2D eigenvalue weighted by Crippen LogP contribution is -2.42. The summed E-state index contributed by atoms with van der Waals surface area (Å²) in [6.07, 6.45) is 2.61. The first kappa shape index (κ1) is 14.5. The van der Waals surface area contributed by atoms with Gasteiger partial charge < -0.3 is 10.2 Å². The Morgan fingerprint density at radius 2 is 2.00 bits per heavy atom. The maximum absolute atomic E-state index is 3.73. The molecule has 0 amide bonds. The Balaban J connectivity index is 1.88. The van der Waals surface area contributed by atoms with Crippen LogP contribution < -0.4 is 5.32 Å². The molecule has 2 rings (SSSR count). The summed E-state index contributed by atoms with van der Waals surface area (Å²) in [5.41, 5.74) is 3.21. The smallest absolute Gasteiger partial charge is 0.0292 e. The lowest BCUT2D eigenvalue weighted by Gasteiger charge is -2.38. The number of hydrogen-bond donors (Lipinski definition) is 1. The van der Waals surface area contributed by atoms with Crippen molar-refractivity contribution < 1.29 is 0 Å². The molecule has 0 aromatic heterocycles. The molecule has 19 heavy (non-hydrogen) atoms. The summed E-state index contributed by atoms with van der Waals surface area (Å²) in [4.78, 5) is 2.44. The van der Waals surface area contributed by atoms with Gasteiger partial charge in [0.05, 0.1) is 0 Å². The van der Waals surface area contributed by atoms with Crippen molar-refractivity contribution in [2.24, 2.45) is 5.41 Å². The quantitative estimate of drug-likeness (QED) is 0.893. The highest BCUT2D eigenvalue weighted by molar-refractivity contribution is 5.24. The molecule has 1 saturated heterocycles. The van der Waals surface area contributed by atoms with Gasteiger partial charge in [0.15, 0.2) is 0 Å². The molecule has 0 saturated carbocycles. The van der Waals surface area contributed by atoms with Crippen LogP contribution in [0, 0.1) is 12.3 Å². The van der Waals surface area contributed by atoms with Crippen molar-refractivity contribution in [3.8, 4) is 0 Å². The second kappa shape index (κ2) is 6.06. The maximum Gasteiger partial charge on any atom is 0.0292 e. The monoisotopic (exact) mass is 260 g/mol. The fourth-order valence-corrected chi connectivity index (χ4v) is 2.79. The third kappa shape index (κ3) is 4.05. The molecule has 1 aliphatic rings. The van der Waals surface area contributed by atoms with E-state index in [4.69, 9.17) is 0 Å². The van der Waals surface area contributed by atoms with Gasteiger partial charge in [-0.2, -0.15) is 0 Å². The first-order valence-corrected chi connectivity index (χ1v) is 7.47. The predicted octanol–water partition coefficient (Wildman–Crippen LogP) is 3.38. The normalized spacial score (nSPS) is 21.3. The largest absolute Gasteiger partial charge is 0.310 e. The number of nitrogens with zero attached hydrogens (tertiary/aromatic N) is 1. The summed E-state index contributed by atoms with van der Waals surface area (Å²) < 4.78 is 0. The number of benzene rings is 1. The van der Waals surface area contributed by atoms with E-state index in [1.54, 1.807) is 0 Å². The van der Waals surface area contributed by atoms with Crippen molar-refractivity contribution in [1.82, 2.24) is 10.2 Å². The maximum atomic E-state index is 3.73. The van der Waals surface area contributed by atoms with E-state index in [2.05, 4.69) is 62.3 Å². The summed E-state index contributed by atoms with van der Waals surface area (Å²) >= 11 is 0. The Bertz CT molecular complexity index is 405. The molecule has 1 aromatic rings. The van der Waals surface area contributed by atoms with Gasteiger partial charge in [0.1, 0.15) is 0 Å². The molecule has 1 atom stereocenters. The SMILES string of the molecule is Cc1cccc(C(C)NCC2(C)CCN(C)CC2)c1. The fourth-order valence-electron chi connectivity index (χ4n) is 2.79. The zero-order valence-electron chi connectivity index (χ0n) is 12.9. The van der Waals surface area contributed by atoms with E-state index in [0.29, 0.717) is 11.5 Å². The molecule has 0 aliphatic carbocycles. The minimum atomic E-state index is 0.441. The van der Waals surface area contributed by atoms with Crippen molar-refractivity contribution in [2.45, 2.75) is 39.7 Å². The summed E-state index contributed by atoms with van der Waals surface area (Å²) in [5, 5.41) is 3.73. The Morgan fingerprint density at radius 1 is 1.32 bits per heavy atom. The van der Waals surface area contributed by atoms with E-state index in [-0.39, 0.29) is 0 Å². The Kier molecular flexibility index (Phi) is 4.64. The van der Waals surface area contributed by atoms with Gasteiger partial charge >= 0.3 is 0 Å². The highest BCUT2D eigenvalue weighted by Gasteiger charge is 2.28. The molecule has 1 heterocycles. The van der Waals surface area contributed by atoms with Crippen LogP contribution in [-0.2, 0) is 0 Å². The van der Waals surface area contributed by atoms with E-state index in [0.717, 1.165) is 6.54 Å². The Hall–Kier alpha value is -0.860. The highest BCUT2D eigenvalue weighted by Crippen LogP contribution is 2.30. The minimum Gasteiger partial charge on any atom is -0.310 e. The van der Waals surface area contributed by atoms with Crippen LogP contribution in [0.4, 0.5) is 0 Å². The summed E-state index contributed by atoms with van der Waals surface area (Å²) in [6, 6.07) is 9.27. The number of piperidine rings is 1. The summed E-state index contributed by atoms with van der Waals surface area (Å²) in [7, 11) is 2.22. The van der Waals surface area contributed by atoms with Crippen LogP contribution in [0.25, 0.3) is 0 Å². The molecule has 1 fully saturated rings. The first-order valence-electron chi connectivity index (χ1n) is 7.47. The first-order chi connectivity index (χ1) is 8.98. The molecule has 2 heteroatoms. The van der Waals surface area contributed by atoms with Gasteiger partial charge in [-0.05, 0) is 57.8 Å². The van der Waals surface area contributed by atoms with E-state index in [1.165, 1.54) is 37.1 Å². The second-order valence-electron chi connectivity index (χ2n) is 6.63. The molecule has 106 valence electrons. The van der Waals surface area contributed by atoms with Crippen molar-refractivity contribution in [1.29, 1.82) is 0 Å². The zero-order valence-corrected chi connectivity index (χ0v) is 12.9. The van der Waals surface area contributed by atoms with E-state index in [9.17, 15) is 0 Å². The lowest BCUT2D eigenvalue weighted by atomic mass is 9.80. The lowest BCUT2D eigenvalue weighted by molar-refractivity contribution is 0.134. The number of nitrogens with one attached hydrogen (secondary N) is 1. The number of hydrogen-bond acceptors (Lipinski definition) is 2. The summed E-state index contributed by atoms with van der Waals surface area (Å²) in [6.45, 7) is 10.4. The molecule has 1 aromatic carbocycles. The van der Waals surface area contributed by atoms with Gasteiger partial charge in [-0.15, -0.1) is 0 Å². The van der Waals surface area contributed by atoms with Gasteiger partial charge in [-0.25, -0.2) is 0 Å². The third-order valence-electron chi connectivity index (χ3n) is 4.57. The molecular formula is C17H28N2. The van der Waals surface area contributed by atoms with Crippen LogP contribution in [0.3, 0.4) is 0 Å². The van der Waals surface area contributed by atoms with Gasteiger partial charge in [-0.1, -0.05) is 36.8 Å². The topological polar surface area (TPSA) is 15.3 Å². The van der Waals surface area contributed by atoms with Gasteiger partial charge in [0, 0.05) is 12.6 Å².